The zero-order chi connectivity index (χ0) is 31.9. The van der Waals surface area contributed by atoms with E-state index >= 15 is 0 Å². The van der Waals surface area contributed by atoms with Crippen LogP contribution < -0.4 is 15.4 Å². The second-order valence-electron chi connectivity index (χ2n) is 10.5. The van der Waals surface area contributed by atoms with Gasteiger partial charge in [0.25, 0.3) is 0 Å². The number of amides is 2. The Morgan fingerprint density at radius 2 is 1.37 bits per heavy atom. The maximum atomic E-state index is 12.2. The van der Waals surface area contributed by atoms with Crippen molar-refractivity contribution >= 4 is 29.7 Å². The van der Waals surface area contributed by atoms with Crippen LogP contribution in [0.5, 0.6) is 5.75 Å². The number of rotatable bonds is 25. The number of nitrogens with one attached hydrogen (secondary N) is 2. The van der Waals surface area contributed by atoms with Gasteiger partial charge in [-0.15, -0.1) is 12.3 Å². The minimum Gasteiger partial charge on any atom is -0.494 e. The van der Waals surface area contributed by atoms with Crippen molar-refractivity contribution in [3.63, 3.8) is 0 Å². The van der Waals surface area contributed by atoms with Gasteiger partial charge < -0.3 is 30.7 Å². The Bertz CT molecular complexity index is 1050. The summed E-state index contributed by atoms with van der Waals surface area (Å²) in [5.74, 6) is -1.33. The van der Waals surface area contributed by atoms with E-state index in [1.165, 1.54) is 12.1 Å². The summed E-state index contributed by atoms with van der Waals surface area (Å²) < 4.78 is 5.63. The van der Waals surface area contributed by atoms with E-state index in [4.69, 9.17) is 21.4 Å². The van der Waals surface area contributed by atoms with Crippen LogP contribution in [0.15, 0.2) is 24.3 Å². The molecule has 0 aliphatic rings. The summed E-state index contributed by atoms with van der Waals surface area (Å²) >= 11 is 0. The van der Waals surface area contributed by atoms with Gasteiger partial charge in [-0.05, 0) is 56.4 Å². The molecule has 11 heteroatoms. The Labute approximate surface area is 253 Å². The van der Waals surface area contributed by atoms with Crippen LogP contribution in [0.2, 0.25) is 0 Å². The highest BCUT2D eigenvalue weighted by molar-refractivity contribution is 5.87. The second kappa shape index (κ2) is 22.5. The molecule has 0 fully saturated rings. The van der Waals surface area contributed by atoms with E-state index in [1.54, 1.807) is 12.1 Å². The van der Waals surface area contributed by atoms with E-state index < -0.39 is 29.9 Å². The van der Waals surface area contributed by atoms with Gasteiger partial charge in [0.05, 0.1) is 18.1 Å². The Hall–Kier alpha value is -4.07. The molecule has 0 saturated carbocycles. The Kier molecular flexibility index (Phi) is 19.4. The number of hydrogen-bond acceptors (Lipinski definition) is 6. The van der Waals surface area contributed by atoms with Crippen molar-refractivity contribution in [2.24, 2.45) is 5.92 Å². The van der Waals surface area contributed by atoms with Crippen LogP contribution in [0, 0.1) is 18.3 Å². The van der Waals surface area contributed by atoms with Crippen molar-refractivity contribution < 1.29 is 44.0 Å². The summed E-state index contributed by atoms with van der Waals surface area (Å²) in [5, 5.41) is 32.6. The van der Waals surface area contributed by atoms with Gasteiger partial charge in [0, 0.05) is 25.8 Å². The molecule has 0 aromatic heterocycles. The molecule has 0 spiro atoms. The number of carbonyl (C=O) groups excluding carboxylic acids is 2. The molecule has 1 aromatic carbocycles. The van der Waals surface area contributed by atoms with Crippen molar-refractivity contribution in [2.75, 3.05) is 13.2 Å². The molecule has 0 bridgehead atoms. The molecule has 2 amide bonds. The number of terminal acetylenes is 1. The molecule has 1 aromatic rings. The van der Waals surface area contributed by atoms with E-state index in [0.717, 1.165) is 44.9 Å². The van der Waals surface area contributed by atoms with Crippen molar-refractivity contribution in [3.05, 3.63) is 29.8 Å². The fourth-order valence-corrected chi connectivity index (χ4v) is 4.42. The monoisotopic (exact) mass is 602 g/mol. The second-order valence-corrected chi connectivity index (χ2v) is 10.5. The highest BCUT2D eigenvalue weighted by Gasteiger charge is 2.21. The zero-order valence-corrected chi connectivity index (χ0v) is 24.9. The third kappa shape index (κ3) is 18.2. The van der Waals surface area contributed by atoms with Gasteiger partial charge in [-0.2, -0.15) is 0 Å². The SMILES string of the molecule is C#CC[C@@H](CCCCNC(=O)CC[C@H](NC(=O)CCCCCCCCCCOc1ccc(C(=O)O)cc1)C(=O)O)C(=O)O. The molecular weight excluding hydrogens is 556 g/mol. The molecule has 11 nitrogen and oxygen atoms in total. The Balaban J connectivity index is 2.06. The lowest BCUT2D eigenvalue weighted by atomic mass is 9.99. The standard InChI is InChI=1S/C32H46N2O9/c1-2-13-24(30(37)38)14-10-11-22-33-28(35)21-20-27(32(41)42)34-29(36)15-9-7-5-3-4-6-8-12-23-43-26-18-16-25(17-19-26)31(39)40/h1,16-19,24,27H,3-15,20-23H2,(H,33,35)(H,34,36)(H,37,38)(H,39,40)(H,41,42)/t24-,27-/m0/s1. The number of benzene rings is 1. The Morgan fingerprint density at radius 1 is 0.744 bits per heavy atom. The predicted molar refractivity (Wildman–Crippen MR) is 161 cm³/mol. The van der Waals surface area contributed by atoms with Gasteiger partial charge in [-0.25, -0.2) is 9.59 Å². The first-order valence-electron chi connectivity index (χ1n) is 15.0. The van der Waals surface area contributed by atoms with E-state index in [1.807, 2.05) is 0 Å². The minimum absolute atomic E-state index is 0.0157. The average Bonchev–Trinajstić information content (AvgIpc) is 2.97. The van der Waals surface area contributed by atoms with Gasteiger partial charge in [0.2, 0.25) is 11.8 Å². The molecule has 5 N–H and O–H groups in total. The molecule has 43 heavy (non-hydrogen) atoms. The van der Waals surface area contributed by atoms with Gasteiger partial charge in [-0.1, -0.05) is 44.9 Å². The molecule has 0 aliphatic carbocycles. The fourth-order valence-electron chi connectivity index (χ4n) is 4.42. The fraction of sp³-hybridized carbons (Fsp3) is 0.594. The quantitative estimate of drug-likeness (QED) is 0.0787. The van der Waals surface area contributed by atoms with Gasteiger partial charge in [0.15, 0.2) is 0 Å². The van der Waals surface area contributed by atoms with E-state index in [2.05, 4.69) is 16.6 Å². The third-order valence-electron chi connectivity index (χ3n) is 6.98. The first-order chi connectivity index (χ1) is 20.6. The summed E-state index contributed by atoms with van der Waals surface area (Å²) in [5.41, 5.74) is 0.228. The molecule has 238 valence electrons. The summed E-state index contributed by atoms with van der Waals surface area (Å²) in [6.07, 6.45) is 14.8. The highest BCUT2D eigenvalue weighted by atomic mass is 16.5. The predicted octanol–water partition coefficient (Wildman–Crippen LogP) is 4.63. The van der Waals surface area contributed by atoms with Crippen molar-refractivity contribution in [1.82, 2.24) is 10.6 Å². The number of aliphatic carboxylic acids is 2. The van der Waals surface area contributed by atoms with E-state index in [-0.39, 0.29) is 43.1 Å². The lowest BCUT2D eigenvalue weighted by molar-refractivity contribution is -0.142. The molecule has 0 unspecified atom stereocenters. The van der Waals surface area contributed by atoms with Crippen LogP contribution in [-0.4, -0.2) is 64.2 Å². The number of ether oxygens (including phenoxy) is 1. The number of carboxylic acids is 3. The summed E-state index contributed by atoms with van der Waals surface area (Å²) in [6, 6.07) is 5.21. The van der Waals surface area contributed by atoms with Gasteiger partial charge >= 0.3 is 17.9 Å². The zero-order valence-electron chi connectivity index (χ0n) is 24.9. The molecule has 0 radical (unpaired) electrons. The maximum Gasteiger partial charge on any atom is 0.335 e. The van der Waals surface area contributed by atoms with Crippen LogP contribution >= 0.6 is 0 Å². The molecule has 0 saturated heterocycles. The van der Waals surface area contributed by atoms with Crippen molar-refractivity contribution in [2.45, 2.75) is 102 Å². The Morgan fingerprint density at radius 3 is 1.95 bits per heavy atom. The summed E-state index contributed by atoms with van der Waals surface area (Å²) in [4.78, 5) is 57.8. The van der Waals surface area contributed by atoms with Gasteiger partial charge in [-0.3, -0.25) is 14.4 Å². The number of unbranched alkanes of at least 4 members (excludes halogenated alkanes) is 8. The normalized spacial score (nSPS) is 12.0. The molecular formula is C32H46N2O9. The van der Waals surface area contributed by atoms with E-state index in [9.17, 15) is 29.1 Å². The van der Waals surface area contributed by atoms with E-state index in [0.29, 0.717) is 44.6 Å². The van der Waals surface area contributed by atoms with Crippen LogP contribution in [0.4, 0.5) is 0 Å². The highest BCUT2D eigenvalue weighted by Crippen LogP contribution is 2.15. The summed E-state index contributed by atoms with van der Waals surface area (Å²) in [6.45, 7) is 0.931. The number of carboxylic acid groups (broad SMARTS) is 3. The number of aromatic carboxylic acids is 1. The molecule has 0 aliphatic heterocycles. The van der Waals surface area contributed by atoms with Crippen LogP contribution in [-0.2, 0) is 19.2 Å². The molecule has 1 rings (SSSR count). The van der Waals surface area contributed by atoms with Gasteiger partial charge in [0.1, 0.15) is 11.8 Å². The summed E-state index contributed by atoms with van der Waals surface area (Å²) in [7, 11) is 0. The minimum atomic E-state index is -1.18. The lowest BCUT2D eigenvalue weighted by Crippen LogP contribution is -2.41. The molecule has 2 atom stereocenters. The maximum absolute atomic E-state index is 12.2. The van der Waals surface area contributed by atoms with Crippen molar-refractivity contribution in [1.29, 1.82) is 0 Å². The third-order valence-corrected chi connectivity index (χ3v) is 6.98. The number of carbonyl (C=O) groups is 5. The topological polar surface area (TPSA) is 179 Å². The average molecular weight is 603 g/mol. The smallest absolute Gasteiger partial charge is 0.335 e. The number of hydrogen-bond donors (Lipinski definition) is 5. The van der Waals surface area contributed by atoms with Crippen LogP contribution in [0.3, 0.4) is 0 Å². The van der Waals surface area contributed by atoms with Crippen LogP contribution in [0.25, 0.3) is 0 Å². The largest absolute Gasteiger partial charge is 0.494 e. The van der Waals surface area contributed by atoms with Crippen molar-refractivity contribution in [3.8, 4) is 18.1 Å². The first-order valence-corrected chi connectivity index (χ1v) is 15.0. The lowest BCUT2D eigenvalue weighted by Gasteiger charge is -2.14. The molecule has 0 heterocycles. The first kappa shape index (κ1) is 37.0. The van der Waals surface area contributed by atoms with Crippen LogP contribution in [0.1, 0.15) is 107 Å².